The molecule has 1 heterocycles. The maximum Gasteiger partial charge on any atom is 0.251 e. The van der Waals surface area contributed by atoms with Crippen molar-refractivity contribution in [1.82, 2.24) is 10.2 Å². The van der Waals surface area contributed by atoms with Gasteiger partial charge in [-0.15, -0.1) is 24.8 Å². The van der Waals surface area contributed by atoms with Crippen molar-refractivity contribution in [3.63, 3.8) is 0 Å². The Morgan fingerprint density at radius 1 is 1.15 bits per heavy atom. The first kappa shape index (κ1) is 17.1. The third kappa shape index (κ3) is 4.01. The van der Waals surface area contributed by atoms with E-state index in [-0.39, 0.29) is 30.7 Å². The molecule has 1 unspecified atom stereocenters. The molecule has 0 aromatic heterocycles. The van der Waals surface area contributed by atoms with Crippen LogP contribution in [0.4, 0.5) is 5.69 Å². The van der Waals surface area contributed by atoms with E-state index in [2.05, 4.69) is 10.2 Å². The van der Waals surface area contributed by atoms with Crippen LogP contribution in [0.25, 0.3) is 0 Å². The smallest absolute Gasteiger partial charge is 0.251 e. The van der Waals surface area contributed by atoms with Gasteiger partial charge < -0.3 is 11.1 Å². The molecule has 2 fully saturated rings. The normalized spacial score (nSPS) is 21.7. The fourth-order valence-electron chi connectivity index (χ4n) is 2.58. The number of carbonyl (C=O) groups is 1. The Morgan fingerprint density at radius 2 is 1.80 bits per heavy atom. The third-order valence-corrected chi connectivity index (χ3v) is 3.79. The number of nitrogens with one attached hydrogen (secondary N) is 1. The number of hydrogen-bond acceptors (Lipinski definition) is 3. The second kappa shape index (κ2) is 7.16. The summed E-state index contributed by atoms with van der Waals surface area (Å²) in [5.41, 5.74) is 6.99. The highest BCUT2D eigenvalue weighted by atomic mass is 35.5. The summed E-state index contributed by atoms with van der Waals surface area (Å²) in [7, 11) is 0. The number of halogens is 2. The van der Waals surface area contributed by atoms with Crippen molar-refractivity contribution >= 4 is 36.4 Å². The van der Waals surface area contributed by atoms with E-state index in [0.29, 0.717) is 17.3 Å². The van der Waals surface area contributed by atoms with E-state index in [1.54, 1.807) is 24.3 Å². The Hall–Kier alpha value is -0.970. The van der Waals surface area contributed by atoms with E-state index in [4.69, 9.17) is 5.73 Å². The molecule has 1 saturated heterocycles. The average Bonchev–Trinajstić information content (AvgIpc) is 3.11. The summed E-state index contributed by atoms with van der Waals surface area (Å²) in [5, 5.41) is 3.11. The van der Waals surface area contributed by atoms with Crippen LogP contribution < -0.4 is 11.1 Å². The minimum atomic E-state index is 0. The Labute approximate surface area is 131 Å². The predicted octanol–water partition coefficient (Wildman–Crippen LogP) is 2.08. The molecule has 1 saturated carbocycles. The second-order valence-corrected chi connectivity index (χ2v) is 5.31. The summed E-state index contributed by atoms with van der Waals surface area (Å²) >= 11 is 0. The van der Waals surface area contributed by atoms with Crippen LogP contribution >= 0.6 is 24.8 Å². The zero-order chi connectivity index (χ0) is 12.5. The van der Waals surface area contributed by atoms with Crippen LogP contribution in [0, 0.1) is 0 Å². The van der Waals surface area contributed by atoms with Crippen molar-refractivity contribution in [3.05, 3.63) is 29.8 Å². The Balaban J connectivity index is 0.000001000. The molecule has 112 valence electrons. The summed E-state index contributed by atoms with van der Waals surface area (Å²) in [6.07, 6.45) is 3.73. The maximum atomic E-state index is 12.0. The van der Waals surface area contributed by atoms with Crippen molar-refractivity contribution in [2.24, 2.45) is 0 Å². The van der Waals surface area contributed by atoms with Crippen LogP contribution in [-0.2, 0) is 0 Å². The lowest BCUT2D eigenvalue weighted by molar-refractivity contribution is 0.0937. The fourth-order valence-corrected chi connectivity index (χ4v) is 2.58. The van der Waals surface area contributed by atoms with Crippen molar-refractivity contribution in [1.29, 1.82) is 0 Å². The fraction of sp³-hybridized carbons (Fsp3) is 0.500. The van der Waals surface area contributed by atoms with E-state index >= 15 is 0 Å². The number of benzene rings is 1. The second-order valence-electron chi connectivity index (χ2n) is 5.31. The third-order valence-electron chi connectivity index (χ3n) is 3.79. The van der Waals surface area contributed by atoms with Gasteiger partial charge in [0.1, 0.15) is 0 Å². The van der Waals surface area contributed by atoms with Crippen molar-refractivity contribution in [3.8, 4) is 0 Å². The molecule has 20 heavy (non-hydrogen) atoms. The molecular formula is C14H21Cl2N3O. The highest BCUT2D eigenvalue weighted by Gasteiger charge is 2.34. The first-order chi connectivity index (χ1) is 8.72. The largest absolute Gasteiger partial charge is 0.399 e. The van der Waals surface area contributed by atoms with E-state index in [9.17, 15) is 4.79 Å². The van der Waals surface area contributed by atoms with Crippen LogP contribution in [-0.4, -0.2) is 36.0 Å². The van der Waals surface area contributed by atoms with Crippen LogP contribution in [0.2, 0.25) is 0 Å². The van der Waals surface area contributed by atoms with Gasteiger partial charge in [0.2, 0.25) is 0 Å². The standard InChI is InChI=1S/C14H19N3O.2ClH/c15-11-3-1-10(2-4-11)14(18)16-12-7-8-17(9-12)13-5-6-13;;/h1-4,12-13H,5-9,15H2,(H,16,18);2*1H. The average molecular weight is 318 g/mol. The quantitative estimate of drug-likeness (QED) is 0.839. The summed E-state index contributed by atoms with van der Waals surface area (Å²) in [6.45, 7) is 2.13. The predicted molar refractivity (Wildman–Crippen MR) is 85.8 cm³/mol. The van der Waals surface area contributed by atoms with Crippen LogP contribution in [0.3, 0.4) is 0 Å². The number of hydrogen-bond donors (Lipinski definition) is 2. The van der Waals surface area contributed by atoms with Gasteiger partial charge >= 0.3 is 0 Å². The summed E-state index contributed by atoms with van der Waals surface area (Å²) in [6, 6.07) is 8.18. The zero-order valence-electron chi connectivity index (χ0n) is 11.2. The molecule has 0 bridgehead atoms. The van der Waals surface area contributed by atoms with E-state index in [1.165, 1.54) is 12.8 Å². The van der Waals surface area contributed by atoms with E-state index in [1.807, 2.05) is 0 Å². The van der Waals surface area contributed by atoms with E-state index in [0.717, 1.165) is 25.6 Å². The van der Waals surface area contributed by atoms with Crippen LogP contribution in [0.5, 0.6) is 0 Å². The number of nitrogens with zero attached hydrogens (tertiary/aromatic N) is 1. The lowest BCUT2D eigenvalue weighted by Gasteiger charge is -2.15. The number of carbonyl (C=O) groups excluding carboxylic acids is 1. The summed E-state index contributed by atoms with van der Waals surface area (Å²) < 4.78 is 0. The van der Waals surface area contributed by atoms with Crippen molar-refractivity contribution < 1.29 is 4.79 Å². The molecule has 3 rings (SSSR count). The first-order valence-electron chi connectivity index (χ1n) is 6.63. The minimum absolute atomic E-state index is 0. The van der Waals surface area contributed by atoms with Crippen molar-refractivity contribution in [2.45, 2.75) is 31.3 Å². The summed E-state index contributed by atoms with van der Waals surface area (Å²) in [4.78, 5) is 14.5. The molecule has 1 aliphatic heterocycles. The van der Waals surface area contributed by atoms with Gasteiger partial charge in [-0.25, -0.2) is 0 Å². The van der Waals surface area contributed by atoms with Crippen LogP contribution in [0.1, 0.15) is 29.6 Å². The molecule has 1 aromatic carbocycles. The molecule has 0 spiro atoms. The molecule has 2 aliphatic rings. The Bertz CT molecular complexity index is 448. The van der Waals surface area contributed by atoms with Gasteiger partial charge in [0.15, 0.2) is 0 Å². The number of anilines is 1. The molecule has 0 radical (unpaired) electrons. The lowest BCUT2D eigenvalue weighted by atomic mass is 10.1. The van der Waals surface area contributed by atoms with Gasteiger partial charge in [-0.1, -0.05) is 0 Å². The number of likely N-dealkylation sites (tertiary alicyclic amines) is 1. The Morgan fingerprint density at radius 3 is 2.40 bits per heavy atom. The molecule has 1 aliphatic carbocycles. The lowest BCUT2D eigenvalue weighted by Crippen LogP contribution is -2.37. The van der Waals surface area contributed by atoms with Gasteiger partial charge in [-0.05, 0) is 43.5 Å². The van der Waals surface area contributed by atoms with E-state index < -0.39 is 0 Å². The SMILES string of the molecule is Cl.Cl.Nc1ccc(C(=O)NC2CCN(C3CC3)C2)cc1. The molecule has 6 heteroatoms. The summed E-state index contributed by atoms with van der Waals surface area (Å²) in [5.74, 6) is 0.0117. The van der Waals surface area contributed by atoms with Crippen LogP contribution in [0.15, 0.2) is 24.3 Å². The Kier molecular flexibility index (Phi) is 6.11. The number of nitrogens with two attached hydrogens (primary N) is 1. The maximum absolute atomic E-state index is 12.0. The molecule has 1 atom stereocenters. The highest BCUT2D eigenvalue weighted by molar-refractivity contribution is 5.94. The highest BCUT2D eigenvalue weighted by Crippen LogP contribution is 2.29. The van der Waals surface area contributed by atoms with Gasteiger partial charge in [-0.2, -0.15) is 0 Å². The van der Waals surface area contributed by atoms with Crippen molar-refractivity contribution in [2.75, 3.05) is 18.8 Å². The number of amides is 1. The van der Waals surface area contributed by atoms with Gasteiger partial charge in [0.25, 0.3) is 5.91 Å². The molecule has 1 aromatic rings. The van der Waals surface area contributed by atoms with Gasteiger partial charge in [0, 0.05) is 36.4 Å². The number of nitrogen functional groups attached to an aromatic ring is 1. The topological polar surface area (TPSA) is 58.4 Å². The minimum Gasteiger partial charge on any atom is -0.399 e. The first-order valence-corrected chi connectivity index (χ1v) is 6.63. The van der Waals surface area contributed by atoms with Gasteiger partial charge in [-0.3, -0.25) is 9.69 Å². The molecular weight excluding hydrogens is 297 g/mol. The van der Waals surface area contributed by atoms with Gasteiger partial charge in [0.05, 0.1) is 0 Å². The zero-order valence-corrected chi connectivity index (χ0v) is 12.9. The monoisotopic (exact) mass is 317 g/mol. The molecule has 1 amide bonds. The molecule has 3 N–H and O–H groups in total. The number of rotatable bonds is 3. The molecule has 4 nitrogen and oxygen atoms in total.